The Morgan fingerprint density at radius 3 is 2.56 bits per heavy atom. The summed E-state index contributed by atoms with van der Waals surface area (Å²) < 4.78 is 12.2. The predicted molar refractivity (Wildman–Crippen MR) is 133 cm³/mol. The molecule has 12 heteroatoms. The molecule has 0 fully saturated rings. The van der Waals surface area contributed by atoms with E-state index in [2.05, 4.69) is 25.3 Å². The number of hydrogen-bond donors (Lipinski definition) is 1. The zero-order valence-corrected chi connectivity index (χ0v) is 21.1. The molecule has 176 valence electrons. The van der Waals surface area contributed by atoms with Crippen molar-refractivity contribution in [2.45, 2.75) is 30.9 Å². The summed E-state index contributed by atoms with van der Waals surface area (Å²) in [5.41, 5.74) is 2.30. The van der Waals surface area contributed by atoms with Crippen LogP contribution in [-0.4, -0.2) is 45.1 Å². The van der Waals surface area contributed by atoms with E-state index in [1.807, 2.05) is 24.3 Å². The highest BCUT2D eigenvalue weighted by atomic mass is 32.2. The van der Waals surface area contributed by atoms with E-state index in [0.717, 1.165) is 25.9 Å². The largest absolute Gasteiger partial charge is 0.462 e. The van der Waals surface area contributed by atoms with Crippen LogP contribution in [0.25, 0.3) is 10.2 Å². The van der Waals surface area contributed by atoms with Gasteiger partial charge in [0, 0.05) is 11.9 Å². The number of carbonyl (C=O) groups is 2. The lowest BCUT2D eigenvalue weighted by atomic mass is 10.2. The molecule has 4 aromatic rings. The van der Waals surface area contributed by atoms with Gasteiger partial charge < -0.3 is 14.8 Å². The number of ether oxygens (including phenoxy) is 2. The van der Waals surface area contributed by atoms with E-state index in [1.54, 1.807) is 32.1 Å². The van der Waals surface area contributed by atoms with Gasteiger partial charge in [-0.15, -0.1) is 11.3 Å². The first kappa shape index (κ1) is 24.0. The zero-order chi connectivity index (χ0) is 24.1. The van der Waals surface area contributed by atoms with Crippen molar-refractivity contribution in [1.82, 2.24) is 19.9 Å². The number of carbonyl (C=O) groups excluding carboxylic acids is 2. The molecule has 1 aromatic carbocycles. The number of fused-ring (bicyclic) bond motifs is 1. The highest BCUT2D eigenvalue weighted by Gasteiger charge is 2.20. The second kappa shape index (κ2) is 10.9. The number of rotatable bonds is 9. The SMILES string of the molecule is CCOC(=O)c1cnc(Nc2nc(C)c(C(=O)OCC)s2)nc1CSc1nc2ccccc2s1. The molecule has 0 unspecified atom stereocenters. The number of hydrogen-bond acceptors (Lipinski definition) is 12. The second-order valence-electron chi connectivity index (χ2n) is 6.79. The number of para-hydroxylation sites is 1. The van der Waals surface area contributed by atoms with Gasteiger partial charge in [0.15, 0.2) is 9.47 Å². The molecule has 0 atom stereocenters. The summed E-state index contributed by atoms with van der Waals surface area (Å²) in [4.78, 5) is 42.8. The molecule has 0 saturated heterocycles. The Balaban J connectivity index is 1.57. The van der Waals surface area contributed by atoms with E-state index in [-0.39, 0.29) is 19.2 Å². The molecule has 0 bridgehead atoms. The van der Waals surface area contributed by atoms with Crippen molar-refractivity contribution < 1.29 is 19.1 Å². The average Bonchev–Trinajstić information content (AvgIpc) is 3.40. The smallest absolute Gasteiger partial charge is 0.350 e. The quantitative estimate of drug-likeness (QED) is 0.234. The first-order chi connectivity index (χ1) is 16.5. The normalized spacial score (nSPS) is 10.9. The lowest BCUT2D eigenvalue weighted by Crippen LogP contribution is -2.11. The third-order valence-electron chi connectivity index (χ3n) is 4.45. The summed E-state index contributed by atoms with van der Waals surface area (Å²) >= 11 is 4.23. The molecule has 4 rings (SSSR count). The number of aromatic nitrogens is 4. The predicted octanol–water partition coefficient (Wildman–Crippen LogP) is 5.24. The van der Waals surface area contributed by atoms with E-state index in [1.165, 1.54) is 18.0 Å². The average molecular weight is 516 g/mol. The summed E-state index contributed by atoms with van der Waals surface area (Å²) in [5.74, 6) is -0.242. The number of nitrogens with one attached hydrogen (secondary N) is 1. The van der Waals surface area contributed by atoms with E-state index in [4.69, 9.17) is 9.47 Å². The molecule has 0 aliphatic rings. The molecular formula is C22H21N5O4S3. The van der Waals surface area contributed by atoms with E-state index in [9.17, 15) is 9.59 Å². The van der Waals surface area contributed by atoms with Crippen LogP contribution >= 0.6 is 34.4 Å². The van der Waals surface area contributed by atoms with Crippen LogP contribution in [0.4, 0.5) is 11.1 Å². The van der Waals surface area contributed by atoms with Gasteiger partial charge in [-0.3, -0.25) is 0 Å². The first-order valence-corrected chi connectivity index (χ1v) is 13.0. The van der Waals surface area contributed by atoms with Crippen molar-refractivity contribution >= 4 is 67.7 Å². The van der Waals surface area contributed by atoms with Crippen LogP contribution in [0.1, 0.15) is 45.3 Å². The minimum absolute atomic E-state index is 0.248. The molecule has 9 nitrogen and oxygen atoms in total. The molecule has 3 heterocycles. The van der Waals surface area contributed by atoms with Gasteiger partial charge in [-0.25, -0.2) is 29.5 Å². The Morgan fingerprint density at radius 2 is 1.79 bits per heavy atom. The van der Waals surface area contributed by atoms with Crippen molar-refractivity contribution in [2.75, 3.05) is 18.5 Å². The fourth-order valence-corrected chi connectivity index (χ4v) is 5.82. The first-order valence-electron chi connectivity index (χ1n) is 10.4. The number of thiazole rings is 2. The number of anilines is 2. The van der Waals surface area contributed by atoms with E-state index in [0.29, 0.717) is 32.7 Å². The lowest BCUT2D eigenvalue weighted by molar-refractivity contribution is 0.0517. The van der Waals surface area contributed by atoms with Crippen LogP contribution in [0.3, 0.4) is 0 Å². The topological polar surface area (TPSA) is 116 Å². The van der Waals surface area contributed by atoms with Crippen LogP contribution in [-0.2, 0) is 15.2 Å². The number of nitrogens with zero attached hydrogens (tertiary/aromatic N) is 4. The van der Waals surface area contributed by atoms with Gasteiger partial charge in [0.05, 0.1) is 34.8 Å². The third-order valence-corrected chi connectivity index (χ3v) is 7.69. The highest BCUT2D eigenvalue weighted by Crippen LogP contribution is 2.32. The Hall–Kier alpha value is -3.09. The standard InChI is InChI=1S/C22H21N5O4S3/c1-4-30-18(28)13-10-23-20(27-21-24-12(3)17(34-21)19(29)31-5-2)25-15(13)11-32-22-26-14-8-6-7-9-16(14)33-22/h6-10H,4-5,11H2,1-3H3,(H,23,24,25,27). The van der Waals surface area contributed by atoms with E-state index < -0.39 is 11.9 Å². The molecule has 1 N–H and O–H groups in total. The fourth-order valence-electron chi connectivity index (χ4n) is 2.94. The van der Waals surface area contributed by atoms with Crippen LogP contribution < -0.4 is 5.32 Å². The molecule has 3 aromatic heterocycles. The van der Waals surface area contributed by atoms with Crippen molar-refractivity contribution in [2.24, 2.45) is 0 Å². The molecule has 0 aliphatic carbocycles. The Morgan fingerprint density at radius 1 is 1.03 bits per heavy atom. The molecule has 34 heavy (non-hydrogen) atoms. The van der Waals surface area contributed by atoms with Crippen LogP contribution in [0.2, 0.25) is 0 Å². The number of aryl methyl sites for hydroxylation is 1. The minimum Gasteiger partial charge on any atom is -0.462 e. The molecule has 0 aliphatic heterocycles. The van der Waals surface area contributed by atoms with Gasteiger partial charge in [-0.2, -0.15) is 0 Å². The maximum absolute atomic E-state index is 12.5. The maximum atomic E-state index is 12.5. The summed E-state index contributed by atoms with van der Waals surface area (Å²) in [6.07, 6.45) is 1.44. The summed E-state index contributed by atoms with van der Waals surface area (Å²) in [6, 6.07) is 7.91. The van der Waals surface area contributed by atoms with Crippen molar-refractivity contribution in [1.29, 1.82) is 0 Å². The monoisotopic (exact) mass is 515 g/mol. The summed E-state index contributed by atoms with van der Waals surface area (Å²) in [6.45, 7) is 5.76. The summed E-state index contributed by atoms with van der Waals surface area (Å²) in [5, 5.41) is 3.48. The zero-order valence-electron chi connectivity index (χ0n) is 18.7. The van der Waals surface area contributed by atoms with Gasteiger partial charge in [0.25, 0.3) is 0 Å². The van der Waals surface area contributed by atoms with Crippen molar-refractivity contribution in [3.8, 4) is 0 Å². The summed E-state index contributed by atoms with van der Waals surface area (Å²) in [7, 11) is 0. The fraction of sp³-hybridized carbons (Fsp3) is 0.273. The molecular weight excluding hydrogens is 494 g/mol. The number of esters is 2. The maximum Gasteiger partial charge on any atom is 0.350 e. The molecule has 0 spiro atoms. The van der Waals surface area contributed by atoms with Gasteiger partial charge in [0.1, 0.15) is 10.4 Å². The third kappa shape index (κ3) is 5.51. The van der Waals surface area contributed by atoms with Crippen LogP contribution in [0.5, 0.6) is 0 Å². The lowest BCUT2D eigenvalue weighted by Gasteiger charge is -2.09. The number of thioether (sulfide) groups is 1. The van der Waals surface area contributed by atoms with Crippen LogP contribution in [0, 0.1) is 6.92 Å². The van der Waals surface area contributed by atoms with Gasteiger partial charge in [0.2, 0.25) is 5.95 Å². The molecule has 0 radical (unpaired) electrons. The van der Waals surface area contributed by atoms with Gasteiger partial charge in [-0.1, -0.05) is 35.2 Å². The minimum atomic E-state index is -0.483. The Bertz CT molecular complexity index is 1300. The van der Waals surface area contributed by atoms with Crippen LogP contribution in [0.15, 0.2) is 34.8 Å². The molecule has 0 saturated carbocycles. The number of benzene rings is 1. The van der Waals surface area contributed by atoms with E-state index >= 15 is 0 Å². The van der Waals surface area contributed by atoms with Crippen molar-refractivity contribution in [3.63, 3.8) is 0 Å². The highest BCUT2D eigenvalue weighted by molar-refractivity contribution is 8.00. The Labute approximate surface area is 208 Å². The van der Waals surface area contributed by atoms with Gasteiger partial charge in [-0.05, 0) is 32.9 Å². The second-order valence-corrected chi connectivity index (χ2v) is 10.0. The van der Waals surface area contributed by atoms with Crippen molar-refractivity contribution in [3.05, 3.63) is 52.3 Å². The molecule has 0 amide bonds. The van der Waals surface area contributed by atoms with Gasteiger partial charge >= 0.3 is 11.9 Å². The Kier molecular flexibility index (Phi) is 7.70.